The Morgan fingerprint density at radius 3 is 1.22 bits per heavy atom. The zero-order valence-electron chi connectivity index (χ0n) is 61.7. The number of unbranched alkanes of at least 4 members (excludes halogenated alkanes) is 28. The Balaban J connectivity index is 1.18. The van der Waals surface area contributed by atoms with Crippen molar-refractivity contribution in [3.8, 4) is 0 Å². The topological polar surface area (TPSA) is 454 Å². The number of allylic oxidation sites excluding steroid dienone is 3. The minimum atomic E-state index is -2.20. The van der Waals surface area contributed by atoms with E-state index in [-0.39, 0.29) is 12.3 Å². The summed E-state index contributed by atoms with van der Waals surface area (Å²) in [7, 11) is 0. The van der Waals surface area contributed by atoms with Crippen molar-refractivity contribution in [2.75, 3.05) is 33.0 Å². The second kappa shape index (κ2) is 51.0. The zero-order chi connectivity index (χ0) is 75.2. The summed E-state index contributed by atoms with van der Waals surface area (Å²) < 4.78 is 58.8. The highest BCUT2D eigenvalue weighted by Gasteiger charge is 2.57. The van der Waals surface area contributed by atoms with Crippen LogP contribution in [0.1, 0.15) is 233 Å². The summed E-state index contributed by atoms with van der Waals surface area (Å²) in [6.45, 7) is 2.65. The van der Waals surface area contributed by atoms with Crippen LogP contribution in [0.25, 0.3) is 0 Å². The van der Waals surface area contributed by atoms with Gasteiger partial charge >= 0.3 is 0 Å². The molecular formula is C74H134N2O27. The highest BCUT2D eigenvalue weighted by Crippen LogP contribution is 2.37. The molecule has 0 bridgehead atoms. The number of hydrogen-bond donors (Lipinski definition) is 17. The number of carbonyl (C=O) groups is 2. The van der Waals surface area contributed by atoms with E-state index in [4.69, 9.17) is 47.4 Å². The average Bonchev–Trinajstić information content (AvgIpc) is 0.770. The van der Waals surface area contributed by atoms with Crippen molar-refractivity contribution in [3.05, 3.63) is 24.3 Å². The summed E-state index contributed by atoms with van der Waals surface area (Å²) >= 11 is 0. The maximum atomic E-state index is 13.5. The van der Waals surface area contributed by atoms with Crippen LogP contribution in [0.15, 0.2) is 24.3 Å². The molecule has 5 rings (SSSR count). The summed E-state index contributed by atoms with van der Waals surface area (Å²) in [6.07, 6.45) is -0.797. The van der Waals surface area contributed by atoms with E-state index < -0.39 is 205 Å². The van der Waals surface area contributed by atoms with Crippen LogP contribution < -0.4 is 10.6 Å². The number of carbonyl (C=O) groups excluding carboxylic acids is 2. The van der Waals surface area contributed by atoms with Gasteiger partial charge in [0.1, 0.15) is 116 Å². The Labute approximate surface area is 609 Å². The van der Waals surface area contributed by atoms with Gasteiger partial charge in [-0.2, -0.15) is 0 Å². The Hall–Kier alpha value is -2.58. The molecule has 0 radical (unpaired) electrons. The van der Waals surface area contributed by atoms with Gasteiger partial charge in [-0.3, -0.25) is 9.59 Å². The molecule has 5 aliphatic rings. The van der Waals surface area contributed by atoms with Crippen LogP contribution >= 0.6 is 0 Å². The predicted molar refractivity (Wildman–Crippen MR) is 376 cm³/mol. The lowest BCUT2D eigenvalue weighted by Gasteiger charge is -2.50. The van der Waals surface area contributed by atoms with Crippen molar-refractivity contribution >= 4 is 11.8 Å². The van der Waals surface area contributed by atoms with Crippen molar-refractivity contribution in [3.63, 3.8) is 0 Å². The van der Waals surface area contributed by atoms with Crippen LogP contribution in [-0.2, 0) is 57.0 Å². The molecule has 0 aromatic rings. The summed E-state index contributed by atoms with van der Waals surface area (Å²) in [4.78, 5) is 26.2. The highest BCUT2D eigenvalue weighted by molar-refractivity contribution is 5.76. The number of ether oxygens (including phenoxy) is 10. The Morgan fingerprint density at radius 2 is 0.767 bits per heavy atom. The largest absolute Gasteiger partial charge is 0.394 e. The van der Waals surface area contributed by atoms with E-state index in [1.165, 1.54) is 142 Å². The van der Waals surface area contributed by atoms with Gasteiger partial charge in [-0.15, -0.1) is 0 Å². The smallest absolute Gasteiger partial charge is 0.220 e. The van der Waals surface area contributed by atoms with Gasteiger partial charge in [0.05, 0.1) is 51.3 Å². The molecule has 29 heteroatoms. The third-order valence-electron chi connectivity index (χ3n) is 20.3. The molecule has 10 unspecified atom stereocenters. The summed E-state index contributed by atoms with van der Waals surface area (Å²) in [6, 6.07) is -2.70. The van der Waals surface area contributed by atoms with Crippen LogP contribution in [0.2, 0.25) is 0 Å². The molecule has 0 aromatic heterocycles. The van der Waals surface area contributed by atoms with Gasteiger partial charge in [-0.05, 0) is 51.9 Å². The summed E-state index contributed by atoms with van der Waals surface area (Å²) in [5.41, 5.74) is 0. The third kappa shape index (κ3) is 30.3. The molecule has 0 saturated carbocycles. The zero-order valence-corrected chi connectivity index (χ0v) is 61.7. The van der Waals surface area contributed by atoms with E-state index in [9.17, 15) is 86.2 Å². The van der Waals surface area contributed by atoms with E-state index in [2.05, 4.69) is 36.6 Å². The molecule has 29 nitrogen and oxygen atoms in total. The van der Waals surface area contributed by atoms with Crippen LogP contribution in [0, 0.1) is 0 Å². The highest BCUT2D eigenvalue weighted by atomic mass is 16.8. The second-order valence-electron chi connectivity index (χ2n) is 28.9. The van der Waals surface area contributed by atoms with Crippen molar-refractivity contribution in [1.82, 2.24) is 10.6 Å². The predicted octanol–water partition coefficient (Wildman–Crippen LogP) is 2.75. The van der Waals surface area contributed by atoms with Crippen molar-refractivity contribution < 1.29 is 134 Å². The Morgan fingerprint density at radius 1 is 0.398 bits per heavy atom. The lowest BCUT2D eigenvalue weighted by atomic mass is 9.94. The first-order valence-corrected chi connectivity index (χ1v) is 39.0. The first kappa shape index (κ1) is 91.0. The maximum absolute atomic E-state index is 13.5. The Bertz CT molecular complexity index is 2280. The number of amides is 2. The SMILES string of the molecule is CCCCCCCC/C=C\CCCCCCCCCCCCCC(=O)N[C@@H](CO[C@@H]1OC(CO)[C@@H](O[C@@H]2OC(CO)[C@H](O)[C@H](O[C@H]3OC(CO)[C@H](O)[C@H](O[C@@H]4OC(CO)[C@@H](O)[C@H](O[C@H]5OC(C)[C@@H](O)C(O)[C@@H]5O)C4NC(C)=O)C3O)C2O)[C@H](O)C1O)[C@H](O)/C=C/CCCCCCCCCCCCC. The van der Waals surface area contributed by atoms with E-state index >= 15 is 0 Å². The molecule has 5 heterocycles. The average molecular weight is 1480 g/mol. The normalized spacial score (nSPS) is 35.0. The standard InChI is InChI=1S/C74H134N2O27/c1-5-7-9-11-13-15-17-19-20-21-22-23-24-25-26-28-30-32-34-36-38-40-54(83)76-48(49(82)39-37-35-33-31-29-27-18-16-14-12-10-8-6-2)45-94-71-63(91)61(89)66(53(44-80)99-71)100-73-65(93)69(59(87)52(43-79)97-73)103-74-64(92)68(58(86)51(42-78)98-74)102-70-55(75-47(4)81)67(57(85)50(41-77)96-70)101-72-62(90)60(88)56(84)46(3)95-72/h19-20,37,39,46,48-53,55-74,77-80,82,84-93H,5-18,21-36,38,40-45H2,1-4H3,(H,75,81)(H,76,83)/b20-19-,39-37+/t46?,48-,49+,50?,51?,52?,53?,55?,56+,57+,58-,59-,60?,61+,62-,63?,64?,65?,66+,67+,68-,69-,70-,71+,72+,73-,74+/m0/s1. The molecule has 5 fully saturated rings. The van der Waals surface area contributed by atoms with Gasteiger partial charge in [0.2, 0.25) is 11.8 Å². The van der Waals surface area contributed by atoms with Crippen LogP contribution in [0.5, 0.6) is 0 Å². The first-order chi connectivity index (χ1) is 49.7. The van der Waals surface area contributed by atoms with Gasteiger partial charge in [0, 0.05) is 13.3 Å². The first-order valence-electron chi connectivity index (χ1n) is 39.0. The number of aliphatic hydroxyl groups is 15. The molecule has 5 saturated heterocycles. The lowest BCUT2D eigenvalue weighted by molar-refractivity contribution is -0.389. The molecule has 17 N–H and O–H groups in total. The quantitative estimate of drug-likeness (QED) is 0.0307. The molecule has 0 aromatic carbocycles. The number of hydrogen-bond acceptors (Lipinski definition) is 27. The van der Waals surface area contributed by atoms with Gasteiger partial charge in [-0.1, -0.05) is 192 Å². The van der Waals surface area contributed by atoms with Gasteiger partial charge in [0.15, 0.2) is 31.5 Å². The van der Waals surface area contributed by atoms with Gasteiger partial charge in [0.25, 0.3) is 0 Å². The van der Waals surface area contributed by atoms with Crippen LogP contribution in [0.4, 0.5) is 0 Å². The van der Waals surface area contributed by atoms with Gasteiger partial charge in [-0.25, -0.2) is 0 Å². The maximum Gasteiger partial charge on any atom is 0.220 e. The number of rotatable bonds is 52. The fraction of sp³-hybridized carbons (Fsp3) is 0.919. The molecule has 602 valence electrons. The second-order valence-corrected chi connectivity index (χ2v) is 28.9. The number of aliphatic hydroxyl groups excluding tert-OH is 15. The summed E-state index contributed by atoms with van der Waals surface area (Å²) in [5, 5.41) is 172. The minimum absolute atomic E-state index is 0.191. The lowest BCUT2D eigenvalue weighted by Crippen LogP contribution is -2.70. The monoisotopic (exact) mass is 1480 g/mol. The van der Waals surface area contributed by atoms with E-state index in [0.29, 0.717) is 12.8 Å². The molecule has 103 heavy (non-hydrogen) atoms. The summed E-state index contributed by atoms with van der Waals surface area (Å²) in [5.74, 6) is -1.11. The van der Waals surface area contributed by atoms with Crippen molar-refractivity contribution in [2.24, 2.45) is 0 Å². The number of nitrogens with one attached hydrogen (secondary N) is 2. The molecule has 2 amide bonds. The molecule has 0 aliphatic carbocycles. The minimum Gasteiger partial charge on any atom is -0.394 e. The van der Waals surface area contributed by atoms with Crippen LogP contribution in [-0.4, -0.2) is 287 Å². The van der Waals surface area contributed by atoms with Crippen molar-refractivity contribution in [2.45, 2.75) is 399 Å². The fourth-order valence-electron chi connectivity index (χ4n) is 13.9. The molecule has 5 aliphatic heterocycles. The molecule has 0 spiro atoms. The van der Waals surface area contributed by atoms with E-state index in [0.717, 1.165) is 58.3 Å². The van der Waals surface area contributed by atoms with Gasteiger partial charge < -0.3 is 135 Å². The van der Waals surface area contributed by atoms with E-state index in [1.54, 1.807) is 6.08 Å². The third-order valence-corrected chi connectivity index (χ3v) is 20.3. The van der Waals surface area contributed by atoms with E-state index in [1.807, 2.05) is 6.08 Å². The Kier molecular flexibility index (Phi) is 45.1. The fourth-order valence-corrected chi connectivity index (χ4v) is 13.9. The molecular weight excluding hydrogens is 1350 g/mol. The van der Waals surface area contributed by atoms with Crippen molar-refractivity contribution in [1.29, 1.82) is 0 Å². The van der Waals surface area contributed by atoms with Crippen LogP contribution in [0.3, 0.4) is 0 Å². The molecule has 27 atom stereocenters.